The molecule has 1 fully saturated rings. The summed E-state index contributed by atoms with van der Waals surface area (Å²) in [6.07, 6.45) is 0. The highest BCUT2D eigenvalue weighted by molar-refractivity contribution is 7.10. The Balaban J connectivity index is 2.06. The van der Waals surface area contributed by atoms with E-state index in [9.17, 15) is 9.59 Å². The molecule has 1 aromatic carbocycles. The first-order valence-electron chi connectivity index (χ1n) is 9.25. The minimum absolute atomic E-state index is 0.0350. The molecule has 1 aliphatic heterocycles. The van der Waals surface area contributed by atoms with Crippen molar-refractivity contribution in [2.75, 3.05) is 37.0 Å². The number of nitrogens with one attached hydrogen (secondary N) is 1. The third-order valence-electron chi connectivity index (χ3n) is 4.77. The van der Waals surface area contributed by atoms with Crippen LogP contribution in [0.3, 0.4) is 0 Å². The number of hydrogen-bond acceptors (Lipinski definition) is 5. The van der Waals surface area contributed by atoms with Crippen LogP contribution in [0.1, 0.15) is 16.5 Å². The number of halogens is 2. The molecule has 8 heteroatoms. The predicted octanol–water partition coefficient (Wildman–Crippen LogP) is 4.01. The zero-order valence-electron chi connectivity index (χ0n) is 16.2. The third-order valence-corrected chi connectivity index (χ3v) is 6.23. The Kier molecular flexibility index (Phi) is 7.22. The van der Waals surface area contributed by atoms with E-state index < -0.39 is 6.04 Å². The molecule has 1 atom stereocenters. The van der Waals surface area contributed by atoms with E-state index in [0.29, 0.717) is 24.7 Å². The molecule has 0 aliphatic carbocycles. The number of nitrogens with zero attached hydrogens (tertiary/aromatic N) is 2. The van der Waals surface area contributed by atoms with Gasteiger partial charge in [0.25, 0.3) is 5.91 Å². The molecule has 1 amide bonds. The average Bonchev–Trinajstić information content (AvgIpc) is 3.21. The fourth-order valence-electron chi connectivity index (χ4n) is 3.44. The Hall–Kier alpha value is -2.02. The summed E-state index contributed by atoms with van der Waals surface area (Å²) in [7, 11) is 0. The molecule has 154 valence electrons. The number of anilines is 1. The average molecular weight is 452 g/mol. The van der Waals surface area contributed by atoms with Gasteiger partial charge in [-0.2, -0.15) is 0 Å². The molecule has 5 nitrogen and oxygen atoms in total. The van der Waals surface area contributed by atoms with E-state index in [0.717, 1.165) is 21.8 Å². The summed E-state index contributed by atoms with van der Waals surface area (Å²) in [5, 5.41) is 5.71. The summed E-state index contributed by atoms with van der Waals surface area (Å²) < 4.78 is 0. The SMILES string of the molecule is C=C1CN(C(=O)[C@H](c2cccs2)N(CC(=O)CCl)c2ccc(Cl)cc2C)CCN1. The molecule has 1 aromatic heterocycles. The van der Waals surface area contributed by atoms with Crippen molar-refractivity contribution in [2.24, 2.45) is 0 Å². The lowest BCUT2D eigenvalue weighted by molar-refractivity contribution is -0.132. The van der Waals surface area contributed by atoms with E-state index >= 15 is 0 Å². The van der Waals surface area contributed by atoms with Gasteiger partial charge in [0.15, 0.2) is 5.78 Å². The predicted molar refractivity (Wildman–Crippen MR) is 120 cm³/mol. The van der Waals surface area contributed by atoms with Crippen LogP contribution in [-0.4, -0.2) is 48.6 Å². The van der Waals surface area contributed by atoms with Gasteiger partial charge in [0.2, 0.25) is 0 Å². The zero-order valence-corrected chi connectivity index (χ0v) is 18.5. The lowest BCUT2D eigenvalue weighted by atomic mass is 10.1. The maximum atomic E-state index is 13.7. The van der Waals surface area contributed by atoms with Crippen LogP contribution < -0.4 is 10.2 Å². The van der Waals surface area contributed by atoms with Gasteiger partial charge in [0.05, 0.1) is 19.0 Å². The quantitative estimate of drug-likeness (QED) is 0.646. The topological polar surface area (TPSA) is 52.7 Å². The molecule has 3 rings (SSSR count). The van der Waals surface area contributed by atoms with E-state index in [1.165, 1.54) is 11.3 Å². The fourth-order valence-corrected chi connectivity index (χ4v) is 4.58. The lowest BCUT2D eigenvalue weighted by Gasteiger charge is -2.38. The van der Waals surface area contributed by atoms with Crippen molar-refractivity contribution < 1.29 is 9.59 Å². The van der Waals surface area contributed by atoms with E-state index in [1.54, 1.807) is 11.0 Å². The summed E-state index contributed by atoms with van der Waals surface area (Å²) >= 11 is 13.4. The van der Waals surface area contributed by atoms with Gasteiger partial charge in [-0.15, -0.1) is 22.9 Å². The van der Waals surface area contributed by atoms with Crippen LogP contribution in [0.5, 0.6) is 0 Å². The van der Waals surface area contributed by atoms with Gasteiger partial charge in [-0.3, -0.25) is 9.59 Å². The molecule has 0 saturated carbocycles. The summed E-state index contributed by atoms with van der Waals surface area (Å²) in [5.74, 6) is -0.328. The van der Waals surface area contributed by atoms with Gasteiger partial charge in [0.1, 0.15) is 6.04 Å². The number of Topliss-reactive ketones (excluding diaryl/α,β-unsaturated/α-hetero) is 1. The molecule has 1 aliphatic rings. The Bertz CT molecular complexity index is 901. The van der Waals surface area contributed by atoms with Gasteiger partial charge < -0.3 is 15.1 Å². The van der Waals surface area contributed by atoms with Gasteiger partial charge >= 0.3 is 0 Å². The summed E-state index contributed by atoms with van der Waals surface area (Å²) in [4.78, 5) is 30.5. The van der Waals surface area contributed by atoms with Crippen LogP contribution in [0.15, 0.2) is 48.0 Å². The molecule has 0 spiro atoms. The van der Waals surface area contributed by atoms with Gasteiger partial charge in [-0.1, -0.05) is 24.2 Å². The Labute approximate surface area is 184 Å². The van der Waals surface area contributed by atoms with Crippen molar-refractivity contribution in [3.05, 3.63) is 63.5 Å². The van der Waals surface area contributed by atoms with E-state index in [-0.39, 0.29) is 24.1 Å². The molecule has 0 bridgehead atoms. The van der Waals surface area contributed by atoms with Crippen molar-refractivity contribution in [1.82, 2.24) is 10.2 Å². The number of amides is 1. The molecular formula is C21H23Cl2N3O2S. The molecular weight excluding hydrogens is 429 g/mol. The number of thiophene rings is 1. The Morgan fingerprint density at radius 1 is 1.38 bits per heavy atom. The smallest absolute Gasteiger partial charge is 0.251 e. The third kappa shape index (κ3) is 5.13. The first-order valence-corrected chi connectivity index (χ1v) is 11.0. The number of aryl methyl sites for hydroxylation is 1. The summed E-state index contributed by atoms with van der Waals surface area (Å²) in [6.45, 7) is 7.59. The minimum Gasteiger partial charge on any atom is -0.386 e. The summed E-state index contributed by atoms with van der Waals surface area (Å²) in [6, 6.07) is 8.65. The summed E-state index contributed by atoms with van der Waals surface area (Å²) in [5.41, 5.74) is 2.48. The van der Waals surface area contributed by atoms with Crippen LogP contribution in [0.4, 0.5) is 5.69 Å². The maximum Gasteiger partial charge on any atom is 0.251 e. The Morgan fingerprint density at radius 3 is 2.79 bits per heavy atom. The second-order valence-electron chi connectivity index (χ2n) is 6.94. The van der Waals surface area contributed by atoms with E-state index in [4.69, 9.17) is 23.2 Å². The van der Waals surface area contributed by atoms with Gasteiger partial charge in [-0.25, -0.2) is 0 Å². The Morgan fingerprint density at radius 2 is 2.17 bits per heavy atom. The van der Waals surface area contributed by atoms with Crippen LogP contribution in [-0.2, 0) is 9.59 Å². The lowest BCUT2D eigenvalue weighted by Crippen LogP contribution is -2.50. The first-order chi connectivity index (χ1) is 13.9. The number of rotatable bonds is 7. The second kappa shape index (κ2) is 9.65. The van der Waals surface area contributed by atoms with Crippen LogP contribution >= 0.6 is 34.5 Å². The van der Waals surface area contributed by atoms with E-state index in [1.807, 2.05) is 41.5 Å². The zero-order chi connectivity index (χ0) is 21.0. The number of alkyl halides is 1. The fraction of sp³-hybridized carbons (Fsp3) is 0.333. The largest absolute Gasteiger partial charge is 0.386 e. The molecule has 0 unspecified atom stereocenters. The van der Waals surface area contributed by atoms with Crippen molar-refractivity contribution >= 4 is 51.9 Å². The molecule has 1 saturated heterocycles. The molecule has 29 heavy (non-hydrogen) atoms. The minimum atomic E-state index is -0.632. The van der Waals surface area contributed by atoms with Gasteiger partial charge in [0, 0.05) is 34.4 Å². The number of carbonyl (C=O) groups is 2. The molecule has 1 N–H and O–H groups in total. The van der Waals surface area contributed by atoms with Crippen molar-refractivity contribution in [3.63, 3.8) is 0 Å². The number of hydrogen-bond donors (Lipinski definition) is 1. The standard InChI is InChI=1S/C21H23Cl2N3O2S/c1-14-10-16(23)5-6-18(14)26(13-17(27)11-22)20(19-4-3-9-29-19)21(28)25-8-7-24-15(2)12-25/h3-6,9-10,20,24H,2,7-8,11-13H2,1H3/t20-/m0/s1. The number of benzene rings is 1. The molecule has 2 heterocycles. The van der Waals surface area contributed by atoms with Crippen molar-refractivity contribution in [1.29, 1.82) is 0 Å². The van der Waals surface area contributed by atoms with Crippen LogP contribution in [0, 0.1) is 6.92 Å². The number of carbonyl (C=O) groups excluding carboxylic acids is 2. The monoisotopic (exact) mass is 451 g/mol. The highest BCUT2D eigenvalue weighted by Crippen LogP contribution is 2.34. The van der Waals surface area contributed by atoms with E-state index in [2.05, 4.69) is 11.9 Å². The second-order valence-corrected chi connectivity index (χ2v) is 8.62. The first kappa shape index (κ1) is 21.7. The number of piperazine rings is 1. The van der Waals surface area contributed by atoms with Crippen molar-refractivity contribution in [2.45, 2.75) is 13.0 Å². The van der Waals surface area contributed by atoms with Crippen LogP contribution in [0.2, 0.25) is 5.02 Å². The number of ketones is 1. The van der Waals surface area contributed by atoms with Crippen molar-refractivity contribution in [3.8, 4) is 0 Å². The van der Waals surface area contributed by atoms with Gasteiger partial charge in [-0.05, 0) is 42.1 Å². The molecule has 0 radical (unpaired) electrons. The normalized spacial score (nSPS) is 15.0. The maximum absolute atomic E-state index is 13.7. The van der Waals surface area contributed by atoms with Crippen LogP contribution in [0.25, 0.3) is 0 Å². The molecule has 2 aromatic rings. The highest BCUT2D eigenvalue weighted by Gasteiger charge is 2.35. The highest BCUT2D eigenvalue weighted by atomic mass is 35.5.